The first kappa shape index (κ1) is 19.2. The van der Waals surface area contributed by atoms with Crippen molar-refractivity contribution in [2.24, 2.45) is 5.92 Å². The Morgan fingerprint density at radius 2 is 2.00 bits per heavy atom. The normalized spacial score (nSPS) is 20.0. The molecule has 7 heteroatoms. The second kappa shape index (κ2) is 9.36. The summed E-state index contributed by atoms with van der Waals surface area (Å²) in [6.07, 6.45) is 5.01. The molecule has 1 aromatic rings. The van der Waals surface area contributed by atoms with Gasteiger partial charge in [0, 0.05) is 19.2 Å². The quantitative estimate of drug-likeness (QED) is 0.686. The smallest absolute Gasteiger partial charge is 0.319 e. The third-order valence-corrected chi connectivity index (χ3v) is 4.29. The molecule has 0 spiro atoms. The van der Waals surface area contributed by atoms with E-state index in [0.29, 0.717) is 24.8 Å². The molecule has 3 N–H and O–H groups in total. The van der Waals surface area contributed by atoms with Gasteiger partial charge in [0.2, 0.25) is 5.91 Å². The molecule has 2 atom stereocenters. The predicted molar refractivity (Wildman–Crippen MR) is 95.1 cm³/mol. The molecule has 138 valence electrons. The lowest BCUT2D eigenvalue weighted by Crippen LogP contribution is -2.34. The Hall–Kier alpha value is -2.15. The van der Waals surface area contributed by atoms with Gasteiger partial charge in [0.05, 0.1) is 18.4 Å². The van der Waals surface area contributed by atoms with E-state index in [1.807, 2.05) is 0 Å². The van der Waals surface area contributed by atoms with Crippen LogP contribution in [0.3, 0.4) is 0 Å². The van der Waals surface area contributed by atoms with Crippen molar-refractivity contribution >= 4 is 23.3 Å². The minimum Gasteiger partial charge on any atom is -0.376 e. The molecule has 25 heavy (non-hydrogen) atoms. The van der Waals surface area contributed by atoms with Gasteiger partial charge in [-0.05, 0) is 37.0 Å². The average Bonchev–Trinajstić information content (AvgIpc) is 2.56. The summed E-state index contributed by atoms with van der Waals surface area (Å²) in [4.78, 5) is 22.9. The van der Waals surface area contributed by atoms with Gasteiger partial charge in [0.1, 0.15) is 5.82 Å². The van der Waals surface area contributed by atoms with Crippen molar-refractivity contribution in [1.29, 1.82) is 0 Å². The highest BCUT2D eigenvalue weighted by Gasteiger charge is 2.21. The van der Waals surface area contributed by atoms with E-state index >= 15 is 0 Å². The molecule has 0 bridgehead atoms. The molecule has 0 saturated heterocycles. The molecule has 1 saturated carbocycles. The molecular weight excluding hydrogens is 325 g/mol. The number of carbonyl (C=O) groups is 2. The molecule has 1 fully saturated rings. The van der Waals surface area contributed by atoms with E-state index in [4.69, 9.17) is 4.74 Å². The van der Waals surface area contributed by atoms with E-state index in [-0.39, 0.29) is 17.7 Å². The first-order valence-electron chi connectivity index (χ1n) is 8.69. The Kier molecular flexibility index (Phi) is 7.18. The summed E-state index contributed by atoms with van der Waals surface area (Å²) >= 11 is 0. The summed E-state index contributed by atoms with van der Waals surface area (Å²) in [5, 5.41) is 7.68. The van der Waals surface area contributed by atoms with Crippen molar-refractivity contribution < 1.29 is 18.7 Å². The topological polar surface area (TPSA) is 79.5 Å². The Morgan fingerprint density at radius 1 is 1.24 bits per heavy atom. The van der Waals surface area contributed by atoms with Crippen molar-refractivity contribution in [3.63, 3.8) is 0 Å². The van der Waals surface area contributed by atoms with Crippen LogP contribution in [-0.2, 0) is 9.53 Å². The number of rotatable bonds is 6. The molecule has 0 radical (unpaired) electrons. The van der Waals surface area contributed by atoms with Gasteiger partial charge in [-0.15, -0.1) is 0 Å². The summed E-state index contributed by atoms with van der Waals surface area (Å²) in [5.74, 6) is -0.375. The Bertz CT molecular complexity index is 609. The predicted octanol–water partition coefficient (Wildman–Crippen LogP) is 3.50. The van der Waals surface area contributed by atoms with Crippen LogP contribution in [0.1, 0.15) is 39.5 Å². The Balaban J connectivity index is 1.73. The number of urea groups is 1. The van der Waals surface area contributed by atoms with Gasteiger partial charge in [0.15, 0.2) is 0 Å². The summed E-state index contributed by atoms with van der Waals surface area (Å²) in [6.45, 7) is 4.35. The highest BCUT2D eigenvalue weighted by Crippen LogP contribution is 2.26. The third kappa shape index (κ3) is 6.34. The molecule has 1 aromatic carbocycles. The van der Waals surface area contributed by atoms with Crippen LogP contribution >= 0.6 is 0 Å². The fourth-order valence-electron chi connectivity index (χ4n) is 2.97. The largest absolute Gasteiger partial charge is 0.376 e. The van der Waals surface area contributed by atoms with Crippen LogP contribution in [0.4, 0.5) is 20.6 Å². The van der Waals surface area contributed by atoms with E-state index in [2.05, 4.69) is 22.9 Å². The van der Waals surface area contributed by atoms with Gasteiger partial charge in [-0.1, -0.05) is 19.8 Å². The maximum Gasteiger partial charge on any atom is 0.319 e. The van der Waals surface area contributed by atoms with Crippen LogP contribution in [0.25, 0.3) is 0 Å². The molecule has 2 rings (SSSR count). The highest BCUT2D eigenvalue weighted by atomic mass is 19.1. The zero-order valence-corrected chi connectivity index (χ0v) is 14.7. The minimum absolute atomic E-state index is 0.0277. The number of hydrogen-bond acceptors (Lipinski definition) is 3. The molecule has 1 aliphatic rings. The number of ether oxygens (including phenoxy) is 1. The lowest BCUT2D eigenvalue weighted by Gasteiger charge is -2.28. The number of hydrogen-bond donors (Lipinski definition) is 3. The van der Waals surface area contributed by atoms with Crippen molar-refractivity contribution in [2.45, 2.75) is 45.6 Å². The van der Waals surface area contributed by atoms with E-state index < -0.39 is 11.8 Å². The number of anilines is 2. The fraction of sp³-hybridized carbons (Fsp3) is 0.556. The lowest BCUT2D eigenvalue weighted by atomic mass is 9.88. The zero-order valence-electron chi connectivity index (χ0n) is 14.7. The van der Waals surface area contributed by atoms with E-state index in [1.54, 1.807) is 0 Å². The Labute approximate surface area is 147 Å². The van der Waals surface area contributed by atoms with Crippen LogP contribution < -0.4 is 16.0 Å². The van der Waals surface area contributed by atoms with Gasteiger partial charge >= 0.3 is 6.03 Å². The Morgan fingerprint density at radius 3 is 2.72 bits per heavy atom. The molecule has 1 aliphatic carbocycles. The van der Waals surface area contributed by atoms with Gasteiger partial charge in [0.25, 0.3) is 0 Å². The van der Waals surface area contributed by atoms with E-state index in [0.717, 1.165) is 6.42 Å². The molecule has 3 amide bonds. The van der Waals surface area contributed by atoms with Gasteiger partial charge in [-0.3, -0.25) is 4.79 Å². The SMILES string of the molecule is CC(=O)Nc1cc(NC(=O)NCCOC2CCCCC2C)ccc1F. The summed E-state index contributed by atoms with van der Waals surface area (Å²) in [6, 6.07) is 3.59. The van der Waals surface area contributed by atoms with Crippen LogP contribution in [-0.4, -0.2) is 31.2 Å². The molecule has 0 aromatic heterocycles. The first-order chi connectivity index (χ1) is 12.0. The van der Waals surface area contributed by atoms with Gasteiger partial charge < -0.3 is 20.7 Å². The number of halogens is 1. The first-order valence-corrected chi connectivity index (χ1v) is 8.69. The summed E-state index contributed by atoms with van der Waals surface area (Å²) in [7, 11) is 0. The minimum atomic E-state index is -0.559. The number of amides is 3. The molecule has 6 nitrogen and oxygen atoms in total. The van der Waals surface area contributed by atoms with Crippen LogP contribution in [0, 0.1) is 11.7 Å². The van der Waals surface area contributed by atoms with Crippen LogP contribution in [0.5, 0.6) is 0 Å². The van der Waals surface area contributed by atoms with Crippen molar-refractivity contribution in [2.75, 3.05) is 23.8 Å². The van der Waals surface area contributed by atoms with Crippen LogP contribution in [0.2, 0.25) is 0 Å². The van der Waals surface area contributed by atoms with Crippen molar-refractivity contribution in [3.05, 3.63) is 24.0 Å². The van der Waals surface area contributed by atoms with E-state index in [1.165, 1.54) is 44.4 Å². The lowest BCUT2D eigenvalue weighted by molar-refractivity contribution is -0.114. The second-order valence-electron chi connectivity index (χ2n) is 6.43. The molecule has 0 aliphatic heterocycles. The second-order valence-corrected chi connectivity index (χ2v) is 6.43. The molecule has 0 heterocycles. The average molecular weight is 351 g/mol. The third-order valence-electron chi connectivity index (χ3n) is 4.29. The zero-order chi connectivity index (χ0) is 18.2. The van der Waals surface area contributed by atoms with Crippen molar-refractivity contribution in [1.82, 2.24) is 5.32 Å². The van der Waals surface area contributed by atoms with Crippen molar-refractivity contribution in [3.8, 4) is 0 Å². The monoisotopic (exact) mass is 351 g/mol. The summed E-state index contributed by atoms with van der Waals surface area (Å²) < 4.78 is 19.4. The maximum atomic E-state index is 13.6. The molecular formula is C18H26FN3O3. The van der Waals surface area contributed by atoms with Crippen LogP contribution in [0.15, 0.2) is 18.2 Å². The fourth-order valence-corrected chi connectivity index (χ4v) is 2.97. The van der Waals surface area contributed by atoms with Gasteiger partial charge in [-0.2, -0.15) is 0 Å². The highest BCUT2D eigenvalue weighted by molar-refractivity contribution is 5.92. The van der Waals surface area contributed by atoms with Gasteiger partial charge in [-0.25, -0.2) is 9.18 Å². The number of benzene rings is 1. The molecule has 2 unspecified atom stereocenters. The number of nitrogens with one attached hydrogen (secondary N) is 3. The maximum absolute atomic E-state index is 13.6. The summed E-state index contributed by atoms with van der Waals surface area (Å²) in [5.41, 5.74) is 0.421. The van der Waals surface area contributed by atoms with E-state index in [9.17, 15) is 14.0 Å². The standard InChI is InChI=1S/C18H26FN3O3/c1-12-5-3-4-6-17(12)25-10-9-20-18(24)22-14-7-8-15(19)16(11-14)21-13(2)23/h7-8,11-12,17H,3-6,9-10H2,1-2H3,(H,21,23)(H2,20,22,24). The number of carbonyl (C=O) groups excluding carboxylic acids is 2.